The zero-order valence-electron chi connectivity index (χ0n) is 12.1. The molecule has 9 heteroatoms. The molecule has 0 aliphatic carbocycles. The number of ketones is 1. The number of hydrogen-bond donors (Lipinski definition) is 4. The minimum absolute atomic E-state index is 0.0148. The van der Waals surface area contributed by atoms with Crippen LogP contribution in [0.3, 0.4) is 0 Å². The van der Waals surface area contributed by atoms with Crippen LogP contribution in [0.2, 0.25) is 0 Å². The van der Waals surface area contributed by atoms with E-state index in [0.717, 1.165) is 0 Å². The number of likely N-dealkylation sites (N-methyl/N-ethyl adjacent to an activating group) is 1. The van der Waals surface area contributed by atoms with Crippen molar-refractivity contribution >= 4 is 29.7 Å². The fourth-order valence-electron chi connectivity index (χ4n) is 1.41. The highest BCUT2D eigenvalue weighted by Crippen LogP contribution is 1.97. The van der Waals surface area contributed by atoms with Crippen molar-refractivity contribution in [3.8, 4) is 0 Å². The van der Waals surface area contributed by atoms with Crippen molar-refractivity contribution in [1.82, 2.24) is 15.5 Å². The van der Waals surface area contributed by atoms with Crippen molar-refractivity contribution in [2.75, 3.05) is 27.2 Å². The van der Waals surface area contributed by atoms with Gasteiger partial charge in [0.2, 0.25) is 17.7 Å². The first-order valence-electron chi connectivity index (χ1n) is 6.29. The van der Waals surface area contributed by atoms with E-state index in [1.54, 1.807) is 19.0 Å². The van der Waals surface area contributed by atoms with Crippen molar-refractivity contribution in [3.63, 3.8) is 0 Å². The van der Waals surface area contributed by atoms with E-state index < -0.39 is 23.6 Å². The lowest BCUT2D eigenvalue weighted by Crippen LogP contribution is -2.48. The normalized spacial score (nSPS) is 11.6. The van der Waals surface area contributed by atoms with Gasteiger partial charge in [-0.2, -0.15) is 0 Å². The fourth-order valence-corrected chi connectivity index (χ4v) is 1.41. The SMILES string of the molecule is CN(C)CC(=O)NCC(=O)NC(CCC(=O)C=N)C(N)=O. The van der Waals surface area contributed by atoms with Crippen LogP contribution in [0.5, 0.6) is 0 Å². The minimum atomic E-state index is -1.01. The number of nitrogens with two attached hydrogens (primary N) is 1. The second-order valence-corrected chi connectivity index (χ2v) is 4.69. The highest BCUT2D eigenvalue weighted by molar-refractivity contribution is 6.26. The molecule has 0 fully saturated rings. The Balaban J connectivity index is 4.23. The van der Waals surface area contributed by atoms with Crippen LogP contribution in [0.15, 0.2) is 0 Å². The maximum Gasteiger partial charge on any atom is 0.240 e. The van der Waals surface area contributed by atoms with E-state index >= 15 is 0 Å². The number of nitrogens with zero attached hydrogens (tertiary/aromatic N) is 1. The van der Waals surface area contributed by atoms with Crippen molar-refractivity contribution in [2.24, 2.45) is 5.73 Å². The maximum atomic E-state index is 11.6. The molecule has 0 aliphatic rings. The Morgan fingerprint density at radius 3 is 2.33 bits per heavy atom. The van der Waals surface area contributed by atoms with Crippen molar-refractivity contribution in [3.05, 3.63) is 0 Å². The summed E-state index contributed by atoms with van der Waals surface area (Å²) in [5.41, 5.74) is 5.12. The maximum absolute atomic E-state index is 11.6. The minimum Gasteiger partial charge on any atom is -0.368 e. The molecule has 5 N–H and O–H groups in total. The van der Waals surface area contributed by atoms with Crippen molar-refractivity contribution in [2.45, 2.75) is 18.9 Å². The van der Waals surface area contributed by atoms with Crippen LogP contribution >= 0.6 is 0 Å². The Hall–Kier alpha value is -2.29. The van der Waals surface area contributed by atoms with Crippen molar-refractivity contribution < 1.29 is 19.2 Å². The zero-order valence-corrected chi connectivity index (χ0v) is 12.1. The summed E-state index contributed by atoms with van der Waals surface area (Å²) in [5.74, 6) is -2.14. The van der Waals surface area contributed by atoms with Crippen molar-refractivity contribution in [1.29, 1.82) is 5.41 Å². The molecule has 0 saturated carbocycles. The van der Waals surface area contributed by atoms with Crippen LogP contribution in [-0.4, -0.2) is 67.8 Å². The lowest BCUT2D eigenvalue weighted by atomic mass is 10.1. The van der Waals surface area contributed by atoms with Gasteiger partial charge in [-0.15, -0.1) is 0 Å². The average Bonchev–Trinajstić information content (AvgIpc) is 2.39. The van der Waals surface area contributed by atoms with Crippen LogP contribution < -0.4 is 16.4 Å². The van der Waals surface area contributed by atoms with Crippen LogP contribution in [0, 0.1) is 5.41 Å². The van der Waals surface area contributed by atoms with Crippen LogP contribution in [0.1, 0.15) is 12.8 Å². The van der Waals surface area contributed by atoms with Gasteiger partial charge in [0.1, 0.15) is 6.04 Å². The monoisotopic (exact) mass is 299 g/mol. The standard InChI is InChI=1S/C12H21N5O4/c1-17(2)7-11(20)15-6-10(19)16-9(12(14)21)4-3-8(18)5-13/h5,9,13H,3-4,6-7H2,1-2H3,(H2,14,21)(H,15,20)(H,16,19). The largest absolute Gasteiger partial charge is 0.368 e. The molecule has 0 heterocycles. The van der Waals surface area contributed by atoms with Gasteiger partial charge in [-0.3, -0.25) is 19.2 Å². The Morgan fingerprint density at radius 1 is 1.24 bits per heavy atom. The third-order valence-corrected chi connectivity index (χ3v) is 2.43. The topological polar surface area (TPSA) is 145 Å². The molecule has 1 unspecified atom stereocenters. The van der Waals surface area contributed by atoms with Crippen LogP contribution in [-0.2, 0) is 19.2 Å². The molecule has 0 spiro atoms. The molecule has 0 bridgehead atoms. The molecule has 0 aromatic carbocycles. The first-order valence-corrected chi connectivity index (χ1v) is 6.29. The summed E-state index contributed by atoms with van der Waals surface area (Å²) >= 11 is 0. The summed E-state index contributed by atoms with van der Waals surface area (Å²) in [6, 6.07) is -1.01. The summed E-state index contributed by atoms with van der Waals surface area (Å²) in [7, 11) is 3.42. The summed E-state index contributed by atoms with van der Waals surface area (Å²) in [6.45, 7) is -0.144. The molecule has 118 valence electrons. The van der Waals surface area contributed by atoms with E-state index in [0.29, 0.717) is 6.21 Å². The van der Waals surface area contributed by atoms with Gasteiger partial charge in [0.15, 0.2) is 5.78 Å². The molecular weight excluding hydrogens is 278 g/mol. The number of rotatable bonds is 10. The quantitative estimate of drug-likeness (QED) is 0.333. The van der Waals surface area contributed by atoms with Gasteiger partial charge >= 0.3 is 0 Å². The van der Waals surface area contributed by atoms with E-state index in [-0.39, 0.29) is 31.8 Å². The Labute approximate surface area is 122 Å². The molecule has 21 heavy (non-hydrogen) atoms. The summed E-state index contributed by atoms with van der Waals surface area (Å²) in [6.07, 6.45) is 0.590. The molecule has 3 amide bonds. The third-order valence-electron chi connectivity index (χ3n) is 2.43. The summed E-state index contributed by atoms with van der Waals surface area (Å²) in [4.78, 5) is 46.7. The van der Waals surface area contributed by atoms with E-state index in [9.17, 15) is 19.2 Å². The number of carbonyl (C=O) groups excluding carboxylic acids is 4. The Kier molecular flexibility index (Phi) is 8.54. The first kappa shape index (κ1) is 18.7. The molecule has 0 aromatic rings. The van der Waals surface area contributed by atoms with E-state index in [1.807, 2.05) is 0 Å². The van der Waals surface area contributed by atoms with Crippen LogP contribution in [0.25, 0.3) is 0 Å². The molecule has 0 saturated heterocycles. The third kappa shape index (κ3) is 9.27. The molecule has 0 radical (unpaired) electrons. The number of Topliss-reactive ketones (excluding diaryl/α,β-unsaturated/α-hetero) is 1. The molecule has 0 aromatic heterocycles. The van der Waals surface area contributed by atoms with Gasteiger partial charge in [-0.05, 0) is 20.5 Å². The molecular formula is C12H21N5O4. The second-order valence-electron chi connectivity index (χ2n) is 4.69. The molecule has 0 aliphatic heterocycles. The highest BCUT2D eigenvalue weighted by atomic mass is 16.2. The van der Waals surface area contributed by atoms with E-state index in [4.69, 9.17) is 11.1 Å². The van der Waals surface area contributed by atoms with Gasteiger partial charge in [-0.1, -0.05) is 0 Å². The molecule has 0 rings (SSSR count). The number of amides is 3. The number of primary amides is 1. The zero-order chi connectivity index (χ0) is 16.4. The van der Waals surface area contributed by atoms with E-state index in [2.05, 4.69) is 10.6 Å². The van der Waals surface area contributed by atoms with Gasteiger partial charge in [0, 0.05) is 6.42 Å². The first-order chi connectivity index (χ1) is 9.76. The average molecular weight is 299 g/mol. The Morgan fingerprint density at radius 2 is 1.86 bits per heavy atom. The Bertz CT molecular complexity index is 422. The second kappa shape index (κ2) is 9.59. The van der Waals surface area contributed by atoms with E-state index in [1.165, 1.54) is 0 Å². The van der Waals surface area contributed by atoms with Gasteiger partial charge < -0.3 is 26.7 Å². The predicted octanol–water partition coefficient (Wildman–Crippen LogP) is -2.37. The lowest BCUT2D eigenvalue weighted by molar-refractivity contribution is -0.129. The number of nitrogens with one attached hydrogen (secondary N) is 3. The van der Waals surface area contributed by atoms with Gasteiger partial charge in [0.05, 0.1) is 19.3 Å². The lowest BCUT2D eigenvalue weighted by Gasteiger charge is -2.15. The predicted molar refractivity (Wildman–Crippen MR) is 75.7 cm³/mol. The highest BCUT2D eigenvalue weighted by Gasteiger charge is 2.19. The molecule has 1 atom stereocenters. The van der Waals surface area contributed by atoms with Gasteiger partial charge in [0.25, 0.3) is 0 Å². The number of carbonyl (C=O) groups is 4. The molecule has 9 nitrogen and oxygen atoms in total. The summed E-state index contributed by atoms with van der Waals surface area (Å²) in [5, 5.41) is 11.5. The van der Waals surface area contributed by atoms with Gasteiger partial charge in [-0.25, -0.2) is 0 Å². The van der Waals surface area contributed by atoms with Crippen LogP contribution in [0.4, 0.5) is 0 Å². The smallest absolute Gasteiger partial charge is 0.240 e. The number of hydrogen-bond acceptors (Lipinski definition) is 6. The fraction of sp³-hybridized carbons (Fsp3) is 0.583. The summed E-state index contributed by atoms with van der Waals surface area (Å²) < 4.78 is 0.